The van der Waals surface area contributed by atoms with Crippen LogP contribution in [0.4, 0.5) is 5.69 Å². The summed E-state index contributed by atoms with van der Waals surface area (Å²) in [5.74, 6) is -1.47. The van der Waals surface area contributed by atoms with E-state index in [-0.39, 0.29) is 5.91 Å². The lowest BCUT2D eigenvalue weighted by molar-refractivity contribution is -0.180. The predicted octanol–water partition coefficient (Wildman–Crippen LogP) is 3.39. The van der Waals surface area contributed by atoms with Crippen molar-refractivity contribution < 1.29 is 14.3 Å². The maximum absolute atomic E-state index is 13.0. The third kappa shape index (κ3) is 2.17. The van der Waals surface area contributed by atoms with Crippen LogP contribution in [0.2, 0.25) is 5.02 Å². The summed E-state index contributed by atoms with van der Waals surface area (Å²) in [5, 5.41) is 0.642. The van der Waals surface area contributed by atoms with Crippen molar-refractivity contribution in [1.29, 1.82) is 0 Å². The van der Waals surface area contributed by atoms with Gasteiger partial charge in [-0.05, 0) is 30.7 Å². The lowest BCUT2D eigenvalue weighted by Crippen LogP contribution is -2.40. The average molecular weight is 330 g/mol. The summed E-state index contributed by atoms with van der Waals surface area (Å²) in [6.07, 6.45) is 0. The molecule has 0 atom stereocenters. The van der Waals surface area contributed by atoms with Crippen LogP contribution in [0.25, 0.3) is 0 Å². The maximum Gasteiger partial charge on any atom is 0.292 e. The molecule has 5 heteroatoms. The van der Waals surface area contributed by atoms with Crippen molar-refractivity contribution in [2.24, 2.45) is 0 Å². The first-order valence-electron chi connectivity index (χ1n) is 7.56. The normalized spacial score (nSPS) is 18.7. The number of aryl methyl sites for hydroxylation is 1. The Bertz CT molecular complexity index is 784. The number of nitrogens with zero attached hydrogens (tertiary/aromatic N) is 1. The summed E-state index contributed by atoms with van der Waals surface area (Å²) in [4.78, 5) is 14.7. The Labute approximate surface area is 139 Å². The minimum Gasteiger partial charge on any atom is -0.336 e. The van der Waals surface area contributed by atoms with Crippen molar-refractivity contribution in [3.05, 3.63) is 64.2 Å². The monoisotopic (exact) mass is 329 g/mol. The number of rotatable bonds is 2. The zero-order chi connectivity index (χ0) is 16.0. The van der Waals surface area contributed by atoms with Gasteiger partial charge in [0.1, 0.15) is 0 Å². The van der Waals surface area contributed by atoms with Crippen LogP contribution >= 0.6 is 11.6 Å². The number of anilines is 1. The molecule has 0 aromatic heterocycles. The molecule has 1 spiro atoms. The highest BCUT2D eigenvalue weighted by atomic mass is 35.5. The summed E-state index contributed by atoms with van der Waals surface area (Å²) in [7, 11) is 0. The smallest absolute Gasteiger partial charge is 0.292 e. The summed E-state index contributed by atoms with van der Waals surface area (Å²) in [5.41, 5.74) is 3.56. The molecular weight excluding hydrogens is 314 g/mol. The number of fused-ring (bicyclic) bond motifs is 2. The van der Waals surface area contributed by atoms with Crippen molar-refractivity contribution in [3.8, 4) is 0 Å². The lowest BCUT2D eigenvalue weighted by Gasteiger charge is -2.22. The molecule has 2 heterocycles. The van der Waals surface area contributed by atoms with Gasteiger partial charge in [-0.15, -0.1) is 0 Å². The topological polar surface area (TPSA) is 38.8 Å². The van der Waals surface area contributed by atoms with Gasteiger partial charge in [0.05, 0.1) is 25.4 Å². The SMILES string of the molecule is Cc1ccc2c(c1)C1(OCCO1)C(=O)N2Cc1ccccc1Cl. The van der Waals surface area contributed by atoms with E-state index < -0.39 is 5.79 Å². The highest BCUT2D eigenvalue weighted by Gasteiger charge is 2.56. The summed E-state index contributed by atoms with van der Waals surface area (Å²) in [6.45, 7) is 3.21. The highest BCUT2D eigenvalue weighted by molar-refractivity contribution is 6.31. The van der Waals surface area contributed by atoms with Crippen LogP contribution in [-0.2, 0) is 26.6 Å². The van der Waals surface area contributed by atoms with Gasteiger partial charge >= 0.3 is 0 Å². The number of carbonyl (C=O) groups excluding carboxylic acids is 1. The molecule has 1 saturated heterocycles. The van der Waals surface area contributed by atoms with E-state index in [0.29, 0.717) is 24.8 Å². The first-order chi connectivity index (χ1) is 11.1. The third-order valence-corrected chi connectivity index (χ3v) is 4.67. The van der Waals surface area contributed by atoms with Gasteiger partial charge < -0.3 is 14.4 Å². The van der Waals surface area contributed by atoms with Crippen molar-refractivity contribution in [3.63, 3.8) is 0 Å². The molecule has 2 aliphatic heterocycles. The van der Waals surface area contributed by atoms with Gasteiger partial charge in [-0.3, -0.25) is 4.79 Å². The Hall–Kier alpha value is -1.88. The van der Waals surface area contributed by atoms with Crippen molar-refractivity contribution in [2.75, 3.05) is 18.1 Å². The average Bonchev–Trinajstić information content (AvgIpc) is 3.11. The molecule has 118 valence electrons. The highest BCUT2D eigenvalue weighted by Crippen LogP contribution is 2.46. The minimum atomic E-state index is -1.29. The number of ether oxygens (including phenoxy) is 2. The summed E-state index contributed by atoms with van der Waals surface area (Å²) >= 11 is 6.25. The van der Waals surface area contributed by atoms with Gasteiger partial charge in [-0.2, -0.15) is 0 Å². The summed E-state index contributed by atoms with van der Waals surface area (Å²) in [6, 6.07) is 13.4. The molecule has 2 aromatic rings. The van der Waals surface area contributed by atoms with E-state index in [4.69, 9.17) is 21.1 Å². The van der Waals surface area contributed by atoms with Gasteiger partial charge in [0.25, 0.3) is 11.7 Å². The molecule has 0 saturated carbocycles. The van der Waals surface area contributed by atoms with Crippen LogP contribution in [0, 0.1) is 6.92 Å². The van der Waals surface area contributed by atoms with Crippen molar-refractivity contribution in [2.45, 2.75) is 19.3 Å². The second-order valence-electron chi connectivity index (χ2n) is 5.82. The zero-order valence-electron chi connectivity index (χ0n) is 12.7. The first kappa shape index (κ1) is 14.7. The summed E-state index contributed by atoms with van der Waals surface area (Å²) < 4.78 is 11.5. The quantitative estimate of drug-likeness (QED) is 0.847. The Kier molecular flexibility index (Phi) is 3.41. The largest absolute Gasteiger partial charge is 0.336 e. The van der Waals surface area contributed by atoms with E-state index in [0.717, 1.165) is 22.4 Å². The number of benzene rings is 2. The number of carbonyl (C=O) groups is 1. The Balaban J connectivity index is 1.80. The number of amides is 1. The van der Waals surface area contributed by atoms with E-state index in [1.165, 1.54) is 0 Å². The molecule has 0 N–H and O–H groups in total. The molecular formula is C18H16ClNO3. The molecule has 0 unspecified atom stereocenters. The molecule has 4 nitrogen and oxygen atoms in total. The number of halogens is 1. The van der Waals surface area contributed by atoms with Gasteiger partial charge in [0, 0.05) is 10.6 Å². The Morgan fingerprint density at radius 2 is 1.91 bits per heavy atom. The predicted molar refractivity (Wildman–Crippen MR) is 87.4 cm³/mol. The molecule has 0 bridgehead atoms. The fourth-order valence-corrected chi connectivity index (χ4v) is 3.39. The van der Waals surface area contributed by atoms with Crippen LogP contribution in [0.1, 0.15) is 16.7 Å². The van der Waals surface area contributed by atoms with E-state index in [1.807, 2.05) is 49.4 Å². The molecule has 23 heavy (non-hydrogen) atoms. The van der Waals surface area contributed by atoms with Gasteiger partial charge in [0.15, 0.2) is 0 Å². The van der Waals surface area contributed by atoms with Crippen LogP contribution in [0.3, 0.4) is 0 Å². The minimum absolute atomic E-state index is 0.185. The Morgan fingerprint density at radius 1 is 1.17 bits per heavy atom. The van der Waals surface area contributed by atoms with Gasteiger partial charge in [0.2, 0.25) is 0 Å². The second kappa shape index (κ2) is 5.34. The molecule has 1 amide bonds. The standard InChI is InChI=1S/C18H16ClNO3/c1-12-6-7-16-14(10-12)18(22-8-9-23-18)17(21)20(16)11-13-4-2-3-5-15(13)19/h2-7,10H,8-9,11H2,1H3. The fourth-order valence-electron chi connectivity index (χ4n) is 3.20. The maximum atomic E-state index is 13.0. The second-order valence-corrected chi connectivity index (χ2v) is 6.22. The molecule has 2 aliphatic rings. The zero-order valence-corrected chi connectivity index (χ0v) is 13.5. The third-order valence-electron chi connectivity index (χ3n) is 4.30. The van der Waals surface area contributed by atoms with Crippen molar-refractivity contribution >= 4 is 23.2 Å². The molecule has 2 aromatic carbocycles. The van der Waals surface area contributed by atoms with E-state index in [1.54, 1.807) is 4.90 Å². The number of hydrogen-bond acceptors (Lipinski definition) is 3. The molecule has 1 fully saturated rings. The van der Waals surface area contributed by atoms with E-state index >= 15 is 0 Å². The fraction of sp³-hybridized carbons (Fsp3) is 0.278. The van der Waals surface area contributed by atoms with E-state index in [9.17, 15) is 4.79 Å². The first-order valence-corrected chi connectivity index (χ1v) is 7.94. The lowest BCUT2D eigenvalue weighted by atomic mass is 10.0. The number of hydrogen-bond donors (Lipinski definition) is 0. The van der Waals surface area contributed by atoms with Crippen LogP contribution in [-0.4, -0.2) is 19.1 Å². The van der Waals surface area contributed by atoms with Gasteiger partial charge in [-0.25, -0.2) is 0 Å². The van der Waals surface area contributed by atoms with Crippen LogP contribution in [0.15, 0.2) is 42.5 Å². The van der Waals surface area contributed by atoms with Crippen molar-refractivity contribution in [1.82, 2.24) is 0 Å². The van der Waals surface area contributed by atoms with Gasteiger partial charge in [-0.1, -0.05) is 41.4 Å². The van der Waals surface area contributed by atoms with Crippen LogP contribution in [0.5, 0.6) is 0 Å². The Morgan fingerprint density at radius 3 is 2.65 bits per heavy atom. The molecule has 4 rings (SSSR count). The van der Waals surface area contributed by atoms with E-state index in [2.05, 4.69) is 0 Å². The molecule has 0 aliphatic carbocycles. The molecule has 0 radical (unpaired) electrons. The van der Waals surface area contributed by atoms with Crippen LogP contribution < -0.4 is 4.90 Å².